The van der Waals surface area contributed by atoms with Gasteiger partial charge in [0.1, 0.15) is 22.7 Å². The fraction of sp³-hybridized carbons (Fsp3) is 0.136. The van der Waals surface area contributed by atoms with E-state index in [1.165, 1.54) is 6.20 Å². The van der Waals surface area contributed by atoms with Gasteiger partial charge in [-0.1, -0.05) is 30.3 Å². The van der Waals surface area contributed by atoms with Crippen LogP contribution >= 0.6 is 0 Å². The van der Waals surface area contributed by atoms with E-state index in [-0.39, 0.29) is 17.6 Å². The van der Waals surface area contributed by atoms with Crippen molar-refractivity contribution in [3.8, 4) is 11.5 Å². The average molecular weight is 388 g/mol. The minimum absolute atomic E-state index is 0.0555. The molecule has 0 aliphatic rings. The maximum atomic E-state index is 11.7. The Kier molecular flexibility index (Phi) is 5.11. The Morgan fingerprint density at radius 3 is 2.66 bits per heavy atom. The number of benzene rings is 2. The normalized spacial score (nSPS) is 11.8. The van der Waals surface area contributed by atoms with Gasteiger partial charge in [-0.2, -0.15) is 4.98 Å². The molecule has 0 radical (unpaired) electrons. The van der Waals surface area contributed by atoms with Crippen LogP contribution in [0.1, 0.15) is 29.0 Å². The molecule has 146 valence electrons. The SMILES string of the molecule is CNC(=O)c1cc(Oc2ccc3nc(N[C@@H](C)c4ccccc4)oc3c2)ccn1. The van der Waals surface area contributed by atoms with E-state index in [2.05, 4.69) is 20.6 Å². The summed E-state index contributed by atoms with van der Waals surface area (Å²) >= 11 is 0. The van der Waals surface area contributed by atoms with Gasteiger partial charge in [-0.3, -0.25) is 9.78 Å². The standard InChI is InChI=1S/C22H20N4O3/c1-14(15-6-4-3-5-7-15)25-22-26-18-9-8-16(13-20(18)29-22)28-17-10-11-24-19(12-17)21(27)23-2/h3-14H,1-2H3,(H,23,27)(H,25,26)/t14-/m0/s1. The predicted molar refractivity (Wildman–Crippen MR) is 110 cm³/mol. The fourth-order valence-corrected chi connectivity index (χ4v) is 2.90. The van der Waals surface area contributed by atoms with Crippen molar-refractivity contribution in [2.75, 3.05) is 12.4 Å². The zero-order chi connectivity index (χ0) is 20.2. The smallest absolute Gasteiger partial charge is 0.296 e. The number of carbonyl (C=O) groups excluding carboxylic acids is 1. The number of nitrogens with zero attached hydrogens (tertiary/aromatic N) is 2. The molecule has 2 aromatic carbocycles. The molecule has 4 rings (SSSR count). The molecule has 2 aromatic heterocycles. The molecule has 0 unspecified atom stereocenters. The van der Waals surface area contributed by atoms with Gasteiger partial charge in [-0.05, 0) is 30.7 Å². The summed E-state index contributed by atoms with van der Waals surface area (Å²) in [4.78, 5) is 20.2. The van der Waals surface area contributed by atoms with E-state index in [0.717, 1.165) is 11.1 Å². The first-order valence-corrected chi connectivity index (χ1v) is 9.20. The Hall–Kier alpha value is -3.87. The van der Waals surface area contributed by atoms with Crippen LogP contribution in [0, 0.1) is 0 Å². The number of ether oxygens (including phenoxy) is 1. The lowest BCUT2D eigenvalue weighted by Crippen LogP contribution is -2.18. The van der Waals surface area contributed by atoms with E-state index in [4.69, 9.17) is 9.15 Å². The van der Waals surface area contributed by atoms with Gasteiger partial charge < -0.3 is 19.8 Å². The minimum Gasteiger partial charge on any atom is -0.457 e. The Bertz CT molecular complexity index is 1140. The van der Waals surface area contributed by atoms with E-state index in [1.807, 2.05) is 43.3 Å². The van der Waals surface area contributed by atoms with E-state index in [9.17, 15) is 4.79 Å². The lowest BCUT2D eigenvalue weighted by Gasteiger charge is -2.11. The van der Waals surface area contributed by atoms with Crippen molar-refractivity contribution in [2.24, 2.45) is 0 Å². The van der Waals surface area contributed by atoms with Crippen LogP contribution in [-0.4, -0.2) is 22.9 Å². The number of pyridine rings is 1. The number of carbonyl (C=O) groups is 1. The molecule has 4 aromatic rings. The summed E-state index contributed by atoms with van der Waals surface area (Å²) < 4.78 is 11.7. The highest BCUT2D eigenvalue weighted by Gasteiger charge is 2.12. The maximum absolute atomic E-state index is 11.7. The van der Waals surface area contributed by atoms with Crippen LogP contribution in [0.25, 0.3) is 11.1 Å². The van der Waals surface area contributed by atoms with Crippen molar-refractivity contribution in [1.29, 1.82) is 0 Å². The minimum atomic E-state index is -0.274. The van der Waals surface area contributed by atoms with Gasteiger partial charge in [0, 0.05) is 25.4 Å². The molecule has 1 atom stereocenters. The summed E-state index contributed by atoms with van der Waals surface area (Å²) in [7, 11) is 1.56. The number of amides is 1. The number of anilines is 1. The van der Waals surface area contributed by atoms with Gasteiger partial charge in [0.25, 0.3) is 11.9 Å². The third kappa shape index (κ3) is 4.19. The molecule has 0 saturated heterocycles. The first-order chi connectivity index (χ1) is 14.1. The zero-order valence-corrected chi connectivity index (χ0v) is 16.0. The summed E-state index contributed by atoms with van der Waals surface area (Å²) in [6.45, 7) is 2.05. The van der Waals surface area contributed by atoms with Crippen molar-refractivity contribution in [3.63, 3.8) is 0 Å². The van der Waals surface area contributed by atoms with Crippen LogP contribution in [-0.2, 0) is 0 Å². The number of oxazole rings is 1. The summed E-state index contributed by atoms with van der Waals surface area (Å²) in [6, 6.07) is 19.2. The molecule has 0 fully saturated rings. The second kappa shape index (κ2) is 8.02. The Morgan fingerprint density at radius 1 is 1.07 bits per heavy atom. The number of nitrogens with one attached hydrogen (secondary N) is 2. The second-order valence-electron chi connectivity index (χ2n) is 6.48. The lowest BCUT2D eigenvalue weighted by atomic mass is 10.1. The Balaban J connectivity index is 1.52. The first kappa shape index (κ1) is 18.5. The van der Waals surface area contributed by atoms with Crippen LogP contribution in [0.2, 0.25) is 0 Å². The highest BCUT2D eigenvalue weighted by atomic mass is 16.5. The van der Waals surface area contributed by atoms with Crippen LogP contribution in [0.15, 0.2) is 71.3 Å². The zero-order valence-electron chi connectivity index (χ0n) is 16.0. The number of fused-ring (bicyclic) bond motifs is 1. The lowest BCUT2D eigenvalue weighted by molar-refractivity contribution is 0.0958. The molecule has 2 N–H and O–H groups in total. The predicted octanol–water partition coefficient (Wildman–Crippen LogP) is 4.55. The molecule has 0 aliphatic heterocycles. The van der Waals surface area contributed by atoms with E-state index < -0.39 is 0 Å². The first-order valence-electron chi connectivity index (χ1n) is 9.20. The molecular formula is C22H20N4O3. The average Bonchev–Trinajstić information content (AvgIpc) is 3.15. The Morgan fingerprint density at radius 2 is 1.86 bits per heavy atom. The van der Waals surface area contributed by atoms with Gasteiger partial charge >= 0.3 is 0 Å². The maximum Gasteiger partial charge on any atom is 0.296 e. The summed E-state index contributed by atoms with van der Waals surface area (Å²) in [5.41, 5.74) is 2.75. The number of aromatic nitrogens is 2. The van der Waals surface area contributed by atoms with Crippen molar-refractivity contribution in [1.82, 2.24) is 15.3 Å². The van der Waals surface area contributed by atoms with Gasteiger partial charge in [-0.25, -0.2) is 0 Å². The van der Waals surface area contributed by atoms with Crippen molar-refractivity contribution >= 4 is 23.0 Å². The van der Waals surface area contributed by atoms with E-state index >= 15 is 0 Å². The quantitative estimate of drug-likeness (QED) is 0.504. The molecular weight excluding hydrogens is 368 g/mol. The van der Waals surface area contributed by atoms with Gasteiger partial charge in [-0.15, -0.1) is 0 Å². The number of hydrogen-bond donors (Lipinski definition) is 2. The van der Waals surface area contributed by atoms with Gasteiger partial charge in [0.05, 0.1) is 6.04 Å². The molecule has 2 heterocycles. The van der Waals surface area contributed by atoms with Crippen LogP contribution in [0.3, 0.4) is 0 Å². The molecule has 7 heteroatoms. The van der Waals surface area contributed by atoms with Crippen LogP contribution < -0.4 is 15.4 Å². The number of hydrogen-bond acceptors (Lipinski definition) is 6. The molecule has 0 aliphatic carbocycles. The molecule has 1 amide bonds. The monoisotopic (exact) mass is 388 g/mol. The largest absolute Gasteiger partial charge is 0.457 e. The second-order valence-corrected chi connectivity index (χ2v) is 6.48. The van der Waals surface area contributed by atoms with Crippen molar-refractivity contribution < 1.29 is 13.9 Å². The topological polar surface area (TPSA) is 89.3 Å². The molecule has 0 saturated carbocycles. The molecule has 7 nitrogen and oxygen atoms in total. The summed E-state index contributed by atoms with van der Waals surface area (Å²) in [5, 5.41) is 5.81. The third-order valence-corrected chi connectivity index (χ3v) is 4.43. The van der Waals surface area contributed by atoms with Gasteiger partial charge in [0.15, 0.2) is 5.58 Å². The van der Waals surface area contributed by atoms with Crippen LogP contribution in [0.4, 0.5) is 6.01 Å². The highest BCUT2D eigenvalue weighted by molar-refractivity contribution is 5.92. The fourth-order valence-electron chi connectivity index (χ4n) is 2.90. The van der Waals surface area contributed by atoms with Crippen LogP contribution in [0.5, 0.6) is 11.5 Å². The molecule has 29 heavy (non-hydrogen) atoms. The van der Waals surface area contributed by atoms with Crippen molar-refractivity contribution in [3.05, 3.63) is 78.1 Å². The molecule has 0 spiro atoms. The third-order valence-electron chi connectivity index (χ3n) is 4.43. The van der Waals surface area contributed by atoms with Gasteiger partial charge in [0.2, 0.25) is 0 Å². The summed E-state index contributed by atoms with van der Waals surface area (Å²) in [5.74, 6) is 0.809. The Labute approximate surface area is 167 Å². The van der Waals surface area contributed by atoms with Crippen molar-refractivity contribution in [2.45, 2.75) is 13.0 Å². The number of rotatable bonds is 6. The van der Waals surface area contributed by atoms with E-state index in [0.29, 0.717) is 23.1 Å². The molecule has 0 bridgehead atoms. The summed E-state index contributed by atoms with van der Waals surface area (Å²) in [6.07, 6.45) is 1.53. The highest BCUT2D eigenvalue weighted by Crippen LogP contribution is 2.28. The van der Waals surface area contributed by atoms with E-state index in [1.54, 1.807) is 31.3 Å².